The molecule has 0 aromatic heterocycles. The molecule has 0 aliphatic carbocycles. The van der Waals surface area contributed by atoms with E-state index in [9.17, 15) is 9.59 Å². The highest BCUT2D eigenvalue weighted by Gasteiger charge is 2.40. The summed E-state index contributed by atoms with van der Waals surface area (Å²) in [5.74, 6) is 0.586. The number of unbranched alkanes of at least 4 members (excludes halogenated alkanes) is 1. The normalized spacial score (nSPS) is 24.7. The minimum atomic E-state index is -1.27. The van der Waals surface area contributed by atoms with Crippen molar-refractivity contribution in [1.29, 1.82) is 0 Å². The molecule has 2 aliphatic rings. The highest BCUT2D eigenvalue weighted by atomic mass is 31.2. The third-order valence-corrected chi connectivity index (χ3v) is 11.3. The second-order valence-electron chi connectivity index (χ2n) is 13.1. The highest BCUT2D eigenvalue weighted by Crippen LogP contribution is 2.48. The summed E-state index contributed by atoms with van der Waals surface area (Å²) in [6.07, 6.45) is 2.98. The number of esters is 1. The zero-order chi connectivity index (χ0) is 33.6. The summed E-state index contributed by atoms with van der Waals surface area (Å²) in [5, 5.41) is 0. The lowest BCUT2D eigenvalue weighted by Gasteiger charge is -2.43. The number of amides is 1. The molecule has 11 heteroatoms. The van der Waals surface area contributed by atoms with Gasteiger partial charge >= 0.3 is 5.97 Å². The number of carbonyl (C=O) groups excluding carboxylic acids is 2. The van der Waals surface area contributed by atoms with Gasteiger partial charge in [0.1, 0.15) is 13.2 Å². The van der Waals surface area contributed by atoms with Crippen molar-refractivity contribution in [2.45, 2.75) is 111 Å². The van der Waals surface area contributed by atoms with Crippen LogP contribution in [-0.4, -0.2) is 91.5 Å². The number of hydrogen-bond donors (Lipinski definition) is 0. The number of rotatable bonds is 17. The van der Waals surface area contributed by atoms with Gasteiger partial charge in [-0.1, -0.05) is 39.0 Å². The Morgan fingerprint density at radius 2 is 1.67 bits per heavy atom. The average molecular weight is 662 g/mol. The van der Waals surface area contributed by atoms with E-state index in [-0.39, 0.29) is 60.9 Å². The van der Waals surface area contributed by atoms with Gasteiger partial charge in [-0.3, -0.25) is 4.79 Å². The molecule has 0 saturated carbocycles. The van der Waals surface area contributed by atoms with Crippen molar-refractivity contribution >= 4 is 20.4 Å². The fourth-order valence-corrected chi connectivity index (χ4v) is 7.81. The lowest BCUT2D eigenvalue weighted by molar-refractivity contribution is -0.254. The fourth-order valence-electron chi connectivity index (χ4n) is 6.05. The van der Waals surface area contributed by atoms with Crippen LogP contribution in [0.3, 0.4) is 0 Å². The van der Waals surface area contributed by atoms with Crippen molar-refractivity contribution in [1.82, 2.24) is 9.57 Å². The van der Waals surface area contributed by atoms with Crippen LogP contribution in [0.2, 0.25) is 0 Å². The molecule has 0 N–H and O–H groups in total. The summed E-state index contributed by atoms with van der Waals surface area (Å²) >= 11 is 0. The minimum Gasteiger partial charge on any atom is -0.459 e. The van der Waals surface area contributed by atoms with Gasteiger partial charge in [-0.2, -0.15) is 0 Å². The molecular formula is C35H56N3O7P. The largest absolute Gasteiger partial charge is 0.459 e. The number of likely N-dealkylation sites (tertiary alicyclic amines) is 1. The van der Waals surface area contributed by atoms with E-state index in [4.69, 9.17) is 29.8 Å². The molecular weight excluding hydrogens is 605 g/mol. The van der Waals surface area contributed by atoms with E-state index in [2.05, 4.69) is 58.0 Å². The lowest BCUT2D eigenvalue weighted by Crippen LogP contribution is -2.48. The summed E-state index contributed by atoms with van der Waals surface area (Å²) in [5.41, 5.74) is 0.528. The van der Waals surface area contributed by atoms with E-state index in [1.54, 1.807) is 12.1 Å². The Balaban J connectivity index is 1.37. The van der Waals surface area contributed by atoms with Crippen molar-refractivity contribution in [2.24, 2.45) is 17.8 Å². The lowest BCUT2D eigenvalue weighted by atomic mass is 9.79. The van der Waals surface area contributed by atoms with Gasteiger partial charge in [0.05, 0.1) is 17.8 Å². The number of benzene rings is 1. The summed E-state index contributed by atoms with van der Waals surface area (Å²) in [6, 6.07) is 9.51. The van der Waals surface area contributed by atoms with Gasteiger partial charge in [0.25, 0.3) is 8.53 Å². The first-order chi connectivity index (χ1) is 22.0. The summed E-state index contributed by atoms with van der Waals surface area (Å²) in [6.45, 7) is 24.8. The van der Waals surface area contributed by atoms with Crippen molar-refractivity contribution in [3.63, 3.8) is 0 Å². The zero-order valence-electron chi connectivity index (χ0n) is 28.9. The van der Waals surface area contributed by atoms with E-state index in [1.807, 2.05) is 23.1 Å². The molecule has 3 unspecified atom stereocenters. The Morgan fingerprint density at radius 3 is 2.30 bits per heavy atom. The zero-order valence-corrected chi connectivity index (χ0v) is 29.8. The number of carbonyl (C=O) groups is 2. The number of nitrogens with zero attached hydrogens (tertiary/aromatic N) is 3. The van der Waals surface area contributed by atoms with Crippen molar-refractivity contribution in [3.8, 4) is 0 Å². The Hall–Kier alpha value is -2.12. The number of hydrogen-bond acceptors (Lipinski definition) is 8. The first-order valence-electron chi connectivity index (χ1n) is 17.0. The first kappa shape index (κ1) is 38.3. The van der Waals surface area contributed by atoms with Gasteiger partial charge in [-0.15, -0.1) is 0 Å². The van der Waals surface area contributed by atoms with Crippen LogP contribution in [0, 0.1) is 24.3 Å². The molecule has 0 bridgehead atoms. The topological polar surface area (TPSA) is 91.1 Å². The molecule has 6 atom stereocenters. The quantitative estimate of drug-likeness (QED) is 0.0767. The smallest absolute Gasteiger partial charge is 0.338 e. The van der Waals surface area contributed by atoms with Crippen LogP contribution in [0.25, 0.3) is 4.85 Å². The Kier molecular flexibility index (Phi) is 16.4. The molecule has 46 heavy (non-hydrogen) atoms. The molecule has 258 valence electrons. The number of piperidine rings is 1. The Morgan fingerprint density at radius 1 is 1.00 bits per heavy atom. The van der Waals surface area contributed by atoms with E-state index in [1.165, 1.54) is 0 Å². The maximum atomic E-state index is 13.0. The molecule has 1 aromatic rings. The molecule has 0 radical (unpaired) electrons. The predicted molar refractivity (Wildman–Crippen MR) is 180 cm³/mol. The van der Waals surface area contributed by atoms with Gasteiger partial charge in [0, 0.05) is 44.1 Å². The van der Waals surface area contributed by atoms with Crippen molar-refractivity contribution < 1.29 is 32.8 Å². The highest BCUT2D eigenvalue weighted by molar-refractivity contribution is 7.44. The third kappa shape index (κ3) is 11.5. The van der Waals surface area contributed by atoms with Crippen LogP contribution in [0.4, 0.5) is 0 Å². The van der Waals surface area contributed by atoms with E-state index < -0.39 is 8.53 Å². The summed E-state index contributed by atoms with van der Waals surface area (Å²) in [7, 11) is -1.27. The summed E-state index contributed by atoms with van der Waals surface area (Å²) in [4.78, 5) is 30.8. The Bertz CT molecular complexity index is 1090. The van der Waals surface area contributed by atoms with Crippen LogP contribution in [0.5, 0.6) is 0 Å². The predicted octanol–water partition coefficient (Wildman–Crippen LogP) is 6.95. The Labute approximate surface area is 278 Å². The van der Waals surface area contributed by atoms with Gasteiger partial charge in [-0.05, 0) is 77.3 Å². The molecule has 1 amide bonds. The van der Waals surface area contributed by atoms with E-state index >= 15 is 0 Å². The van der Waals surface area contributed by atoms with Crippen molar-refractivity contribution in [2.75, 3.05) is 39.5 Å². The minimum absolute atomic E-state index is 0.0322. The SMILES string of the molecule is [C-]#[N+]CCOP(OC1CCN(C(=O)CCCCO[C@@H]2OC(COC(=O)c3ccccc3)[C@H](C)[C@H](C)C2C)CC1)N(C(C)C)C(C)C. The van der Waals surface area contributed by atoms with Crippen LogP contribution in [0.1, 0.15) is 90.9 Å². The molecule has 2 saturated heterocycles. The van der Waals surface area contributed by atoms with E-state index in [0.29, 0.717) is 50.8 Å². The average Bonchev–Trinajstić information content (AvgIpc) is 3.04. The fraction of sp³-hybridized carbons (Fsp3) is 0.743. The van der Waals surface area contributed by atoms with Gasteiger partial charge in [0.2, 0.25) is 12.5 Å². The molecule has 1 aromatic carbocycles. The maximum Gasteiger partial charge on any atom is 0.338 e. The van der Waals surface area contributed by atoms with E-state index in [0.717, 1.165) is 25.7 Å². The van der Waals surface area contributed by atoms with Crippen LogP contribution >= 0.6 is 8.53 Å². The molecule has 2 aliphatic heterocycles. The molecule has 0 spiro atoms. The van der Waals surface area contributed by atoms with Gasteiger partial charge in [0.15, 0.2) is 6.29 Å². The monoisotopic (exact) mass is 661 g/mol. The van der Waals surface area contributed by atoms with Crippen LogP contribution in [-0.2, 0) is 28.1 Å². The summed E-state index contributed by atoms with van der Waals surface area (Å²) < 4.78 is 32.8. The van der Waals surface area contributed by atoms with Gasteiger partial charge < -0.3 is 33.0 Å². The molecule has 2 fully saturated rings. The third-order valence-electron chi connectivity index (χ3n) is 9.12. The van der Waals surface area contributed by atoms with Crippen LogP contribution < -0.4 is 0 Å². The molecule has 10 nitrogen and oxygen atoms in total. The number of ether oxygens (including phenoxy) is 3. The first-order valence-corrected chi connectivity index (χ1v) is 18.1. The molecule has 2 heterocycles. The molecule has 3 rings (SSSR count). The van der Waals surface area contributed by atoms with Crippen molar-refractivity contribution in [3.05, 3.63) is 47.3 Å². The second-order valence-corrected chi connectivity index (χ2v) is 14.5. The second kappa shape index (κ2) is 19.6. The maximum absolute atomic E-state index is 13.0. The van der Waals surface area contributed by atoms with Gasteiger partial charge in [-0.25, -0.2) is 16.0 Å². The van der Waals surface area contributed by atoms with Crippen LogP contribution in [0.15, 0.2) is 30.3 Å². The standard InChI is InChI=1S/C35H56N3O7P/c1-25(2)38(26(3)4)46(43-23-19-36-8)45-31-17-20-37(21-18-31)33(39)16-12-13-22-41-35-29(7)27(5)28(6)32(44-35)24-42-34(40)30-14-10-9-11-15-30/h9-11,14-15,25-29,31-32,35H,12-13,16-24H2,1-7H3/t27-,28+,29?,32?,35+,46?/m0/s1.